The van der Waals surface area contributed by atoms with Crippen LogP contribution < -0.4 is 9.47 Å². The van der Waals surface area contributed by atoms with E-state index >= 15 is 0 Å². The Bertz CT molecular complexity index is 899. The number of methoxy groups -OCH3 is 2. The lowest BCUT2D eigenvalue weighted by atomic mass is 10.1. The van der Waals surface area contributed by atoms with Gasteiger partial charge >= 0.3 is 0 Å². The SMILES string of the molecule is COc1ccc(CCN2CC(C(=O)N3CCCC3c3cccs3)CC2=O)cc1OC. The Hall–Kier alpha value is -2.54. The minimum atomic E-state index is -0.233. The zero-order chi connectivity index (χ0) is 21.1. The van der Waals surface area contributed by atoms with E-state index in [-0.39, 0.29) is 23.8 Å². The number of thiophene rings is 1. The average molecular weight is 429 g/mol. The van der Waals surface area contributed by atoms with Gasteiger partial charge in [-0.05, 0) is 48.4 Å². The highest BCUT2D eigenvalue weighted by molar-refractivity contribution is 7.10. The average Bonchev–Trinajstić information content (AvgIpc) is 3.51. The molecule has 0 radical (unpaired) electrons. The predicted molar refractivity (Wildman–Crippen MR) is 116 cm³/mol. The second kappa shape index (κ2) is 9.08. The van der Waals surface area contributed by atoms with Crippen molar-refractivity contribution in [3.63, 3.8) is 0 Å². The number of hydrogen-bond acceptors (Lipinski definition) is 5. The fraction of sp³-hybridized carbons (Fsp3) is 0.478. The molecule has 2 atom stereocenters. The number of carbonyl (C=O) groups excluding carboxylic acids is 2. The molecule has 1 aromatic heterocycles. The van der Waals surface area contributed by atoms with Crippen molar-refractivity contribution in [3.05, 3.63) is 46.2 Å². The number of rotatable bonds is 7. The monoisotopic (exact) mass is 428 g/mol. The Morgan fingerprint density at radius 1 is 1.20 bits per heavy atom. The van der Waals surface area contributed by atoms with Gasteiger partial charge in [-0.2, -0.15) is 0 Å². The number of benzene rings is 1. The van der Waals surface area contributed by atoms with Crippen LogP contribution in [0.2, 0.25) is 0 Å². The van der Waals surface area contributed by atoms with Gasteiger partial charge in [0, 0.05) is 30.9 Å². The zero-order valence-corrected chi connectivity index (χ0v) is 18.3. The van der Waals surface area contributed by atoms with E-state index in [0.717, 1.165) is 24.9 Å². The molecule has 0 bridgehead atoms. The standard InChI is InChI=1S/C23H28N2O4S/c1-28-19-8-7-16(13-20(19)29-2)9-11-24-15-17(14-22(24)26)23(27)25-10-3-5-18(25)21-6-4-12-30-21/h4,6-8,12-13,17-18H,3,5,9-11,14-15H2,1-2H3. The van der Waals surface area contributed by atoms with E-state index in [0.29, 0.717) is 37.4 Å². The molecule has 0 spiro atoms. The molecule has 2 amide bonds. The summed E-state index contributed by atoms with van der Waals surface area (Å²) in [5, 5.41) is 2.06. The molecule has 7 heteroatoms. The van der Waals surface area contributed by atoms with Crippen LogP contribution in [0.1, 0.15) is 35.7 Å². The molecule has 3 heterocycles. The molecular formula is C23H28N2O4S. The van der Waals surface area contributed by atoms with Gasteiger partial charge in [-0.1, -0.05) is 12.1 Å². The summed E-state index contributed by atoms with van der Waals surface area (Å²) in [4.78, 5) is 30.8. The summed E-state index contributed by atoms with van der Waals surface area (Å²) >= 11 is 1.71. The number of nitrogens with zero attached hydrogens (tertiary/aromatic N) is 2. The van der Waals surface area contributed by atoms with Crippen molar-refractivity contribution in [2.75, 3.05) is 33.9 Å². The number of likely N-dealkylation sites (tertiary alicyclic amines) is 2. The van der Waals surface area contributed by atoms with Crippen molar-refractivity contribution >= 4 is 23.2 Å². The van der Waals surface area contributed by atoms with Gasteiger partial charge in [0.1, 0.15) is 0 Å². The van der Waals surface area contributed by atoms with Crippen LogP contribution in [-0.4, -0.2) is 55.5 Å². The molecule has 1 aromatic carbocycles. The van der Waals surface area contributed by atoms with Gasteiger partial charge in [0.2, 0.25) is 11.8 Å². The van der Waals surface area contributed by atoms with Crippen molar-refractivity contribution < 1.29 is 19.1 Å². The topological polar surface area (TPSA) is 59.1 Å². The van der Waals surface area contributed by atoms with Crippen LogP contribution in [0.4, 0.5) is 0 Å². The Labute approximate surface area is 181 Å². The summed E-state index contributed by atoms with van der Waals surface area (Å²) < 4.78 is 10.6. The van der Waals surface area contributed by atoms with Crippen LogP contribution in [0.15, 0.2) is 35.7 Å². The second-order valence-electron chi connectivity index (χ2n) is 7.89. The van der Waals surface area contributed by atoms with Crippen LogP contribution in [0.5, 0.6) is 11.5 Å². The van der Waals surface area contributed by atoms with Gasteiger partial charge < -0.3 is 19.3 Å². The van der Waals surface area contributed by atoms with Crippen LogP contribution in [-0.2, 0) is 16.0 Å². The Morgan fingerprint density at radius 3 is 2.77 bits per heavy atom. The van der Waals surface area contributed by atoms with Gasteiger partial charge in [0.05, 0.1) is 26.2 Å². The van der Waals surface area contributed by atoms with Crippen molar-refractivity contribution in [3.8, 4) is 11.5 Å². The van der Waals surface area contributed by atoms with E-state index in [4.69, 9.17) is 9.47 Å². The van der Waals surface area contributed by atoms with E-state index in [1.807, 2.05) is 34.1 Å². The molecule has 6 nitrogen and oxygen atoms in total. The summed E-state index contributed by atoms with van der Waals surface area (Å²) in [6.45, 7) is 1.91. The van der Waals surface area contributed by atoms with E-state index in [9.17, 15) is 9.59 Å². The largest absolute Gasteiger partial charge is 0.493 e. The molecule has 2 fully saturated rings. The lowest BCUT2D eigenvalue weighted by Gasteiger charge is -2.26. The van der Waals surface area contributed by atoms with Gasteiger partial charge in [-0.25, -0.2) is 0 Å². The Morgan fingerprint density at radius 2 is 2.03 bits per heavy atom. The third-order valence-electron chi connectivity index (χ3n) is 6.09. The normalized spacial score (nSPS) is 21.3. The molecule has 2 aliphatic rings. The highest BCUT2D eigenvalue weighted by atomic mass is 32.1. The first-order valence-electron chi connectivity index (χ1n) is 10.4. The van der Waals surface area contributed by atoms with Crippen molar-refractivity contribution in [2.24, 2.45) is 5.92 Å². The Balaban J connectivity index is 1.36. The third kappa shape index (κ3) is 4.17. The van der Waals surface area contributed by atoms with Crippen molar-refractivity contribution in [1.29, 1.82) is 0 Å². The van der Waals surface area contributed by atoms with Crippen LogP contribution in [0.3, 0.4) is 0 Å². The van der Waals surface area contributed by atoms with Crippen LogP contribution in [0, 0.1) is 5.92 Å². The van der Waals surface area contributed by atoms with Gasteiger partial charge in [0.15, 0.2) is 11.5 Å². The summed E-state index contributed by atoms with van der Waals surface area (Å²) in [6, 6.07) is 10.1. The summed E-state index contributed by atoms with van der Waals surface area (Å²) in [6.07, 6.45) is 3.07. The first-order valence-corrected chi connectivity index (χ1v) is 11.3. The maximum absolute atomic E-state index is 13.2. The number of carbonyl (C=O) groups is 2. The highest BCUT2D eigenvalue weighted by Gasteiger charge is 2.40. The van der Waals surface area contributed by atoms with E-state index in [1.54, 1.807) is 25.6 Å². The molecule has 2 saturated heterocycles. The highest BCUT2D eigenvalue weighted by Crippen LogP contribution is 2.36. The lowest BCUT2D eigenvalue weighted by Crippen LogP contribution is -2.37. The summed E-state index contributed by atoms with van der Waals surface area (Å²) in [5.41, 5.74) is 1.08. The molecule has 160 valence electrons. The third-order valence-corrected chi connectivity index (χ3v) is 7.06. The van der Waals surface area contributed by atoms with Gasteiger partial charge in [-0.15, -0.1) is 11.3 Å². The lowest BCUT2D eigenvalue weighted by molar-refractivity contribution is -0.136. The number of amides is 2. The first-order chi connectivity index (χ1) is 14.6. The van der Waals surface area contributed by atoms with Crippen molar-refractivity contribution in [2.45, 2.75) is 31.7 Å². The smallest absolute Gasteiger partial charge is 0.228 e. The molecule has 4 rings (SSSR count). The molecule has 0 aliphatic carbocycles. The molecule has 2 unspecified atom stereocenters. The number of hydrogen-bond donors (Lipinski definition) is 0. The Kier molecular flexibility index (Phi) is 6.27. The summed E-state index contributed by atoms with van der Waals surface area (Å²) in [5.74, 6) is 1.34. The fourth-order valence-corrected chi connectivity index (χ4v) is 5.37. The predicted octanol–water partition coefficient (Wildman–Crippen LogP) is 3.52. The van der Waals surface area contributed by atoms with E-state index in [1.165, 1.54) is 4.88 Å². The van der Waals surface area contributed by atoms with Crippen LogP contribution in [0.25, 0.3) is 0 Å². The maximum atomic E-state index is 13.2. The fourth-order valence-electron chi connectivity index (χ4n) is 4.50. The van der Waals surface area contributed by atoms with E-state index < -0.39 is 0 Å². The minimum absolute atomic E-state index is 0.0701. The molecular weight excluding hydrogens is 400 g/mol. The second-order valence-corrected chi connectivity index (χ2v) is 8.86. The molecule has 0 saturated carbocycles. The van der Waals surface area contributed by atoms with Gasteiger partial charge in [-0.3, -0.25) is 9.59 Å². The summed E-state index contributed by atoms with van der Waals surface area (Å²) in [7, 11) is 3.23. The van der Waals surface area contributed by atoms with Crippen molar-refractivity contribution in [1.82, 2.24) is 9.80 Å². The number of ether oxygens (including phenoxy) is 2. The zero-order valence-electron chi connectivity index (χ0n) is 17.5. The molecule has 30 heavy (non-hydrogen) atoms. The first kappa shape index (κ1) is 20.7. The minimum Gasteiger partial charge on any atom is -0.493 e. The van der Waals surface area contributed by atoms with Crippen LogP contribution >= 0.6 is 11.3 Å². The quantitative estimate of drug-likeness (QED) is 0.677. The molecule has 2 aromatic rings. The van der Waals surface area contributed by atoms with Gasteiger partial charge in [0.25, 0.3) is 0 Å². The molecule has 2 aliphatic heterocycles. The molecule has 0 N–H and O–H groups in total. The van der Waals surface area contributed by atoms with E-state index in [2.05, 4.69) is 11.4 Å². The maximum Gasteiger partial charge on any atom is 0.228 e.